The smallest absolute Gasteiger partial charge is 0.142 e. The fraction of sp³-hybridized carbons (Fsp3) is 0.684. The molecule has 1 unspecified atom stereocenters. The lowest BCUT2D eigenvalue weighted by molar-refractivity contribution is 0.336. The lowest BCUT2D eigenvalue weighted by Gasteiger charge is -2.38. The summed E-state index contributed by atoms with van der Waals surface area (Å²) in [4.78, 5) is 2.57. The minimum Gasteiger partial charge on any atom is -0.492 e. The van der Waals surface area contributed by atoms with E-state index in [0.29, 0.717) is 6.04 Å². The summed E-state index contributed by atoms with van der Waals surface area (Å²) in [6.45, 7) is 10.4. The molecule has 1 aromatic rings. The fourth-order valence-electron chi connectivity index (χ4n) is 3.33. The van der Waals surface area contributed by atoms with Crippen molar-refractivity contribution in [1.82, 2.24) is 5.32 Å². The Morgan fingerprint density at radius 3 is 2.82 bits per heavy atom. The van der Waals surface area contributed by atoms with E-state index in [1.54, 1.807) is 0 Å². The standard InChI is InChI=1S/C19H32N2O/c1-4-12-20-15-16-10-11-18(19(14-16)22-6-3)21-13-8-7-9-17(21)5-2/h10-11,14,17,20H,4-9,12-13,15H2,1-3H3. The summed E-state index contributed by atoms with van der Waals surface area (Å²) in [6, 6.07) is 7.41. The summed E-state index contributed by atoms with van der Waals surface area (Å²) in [5, 5.41) is 3.47. The number of nitrogens with zero attached hydrogens (tertiary/aromatic N) is 1. The highest BCUT2D eigenvalue weighted by Gasteiger charge is 2.23. The third-order valence-corrected chi connectivity index (χ3v) is 4.49. The quantitative estimate of drug-likeness (QED) is 0.722. The zero-order valence-corrected chi connectivity index (χ0v) is 14.5. The Balaban J connectivity index is 2.18. The topological polar surface area (TPSA) is 24.5 Å². The highest BCUT2D eigenvalue weighted by molar-refractivity contribution is 5.60. The van der Waals surface area contributed by atoms with E-state index in [1.807, 2.05) is 0 Å². The molecule has 1 aliphatic rings. The molecule has 0 spiro atoms. The van der Waals surface area contributed by atoms with E-state index < -0.39 is 0 Å². The van der Waals surface area contributed by atoms with E-state index >= 15 is 0 Å². The number of ether oxygens (including phenoxy) is 1. The van der Waals surface area contributed by atoms with Gasteiger partial charge < -0.3 is 15.0 Å². The minimum absolute atomic E-state index is 0.664. The molecule has 1 fully saturated rings. The Bertz CT molecular complexity index is 447. The lowest BCUT2D eigenvalue weighted by Crippen LogP contribution is -2.39. The number of hydrogen-bond donors (Lipinski definition) is 1. The van der Waals surface area contributed by atoms with Gasteiger partial charge in [-0.15, -0.1) is 0 Å². The zero-order valence-electron chi connectivity index (χ0n) is 14.5. The number of rotatable bonds is 8. The molecule has 0 bridgehead atoms. The Labute approximate surface area is 136 Å². The van der Waals surface area contributed by atoms with Gasteiger partial charge in [0.1, 0.15) is 5.75 Å². The highest BCUT2D eigenvalue weighted by Crippen LogP contribution is 2.35. The fourth-order valence-corrected chi connectivity index (χ4v) is 3.33. The van der Waals surface area contributed by atoms with Crippen LogP contribution in [0.25, 0.3) is 0 Å². The van der Waals surface area contributed by atoms with Crippen LogP contribution in [0.15, 0.2) is 18.2 Å². The second-order valence-corrected chi connectivity index (χ2v) is 6.16. The maximum atomic E-state index is 5.96. The number of nitrogens with one attached hydrogen (secondary N) is 1. The molecule has 0 amide bonds. The van der Waals surface area contributed by atoms with Crippen LogP contribution in [0.1, 0.15) is 58.4 Å². The molecular formula is C19H32N2O. The van der Waals surface area contributed by atoms with Crippen molar-refractivity contribution in [3.05, 3.63) is 23.8 Å². The van der Waals surface area contributed by atoms with E-state index in [-0.39, 0.29) is 0 Å². The molecule has 1 aliphatic heterocycles. The largest absolute Gasteiger partial charge is 0.492 e. The van der Waals surface area contributed by atoms with Crippen LogP contribution in [0.2, 0.25) is 0 Å². The SMILES string of the molecule is CCCNCc1ccc(N2CCCCC2CC)c(OCC)c1. The van der Waals surface area contributed by atoms with Gasteiger partial charge >= 0.3 is 0 Å². The molecule has 1 N–H and O–H groups in total. The Hall–Kier alpha value is -1.22. The molecule has 1 saturated heterocycles. The van der Waals surface area contributed by atoms with Crippen molar-refractivity contribution in [1.29, 1.82) is 0 Å². The van der Waals surface area contributed by atoms with Gasteiger partial charge in [-0.3, -0.25) is 0 Å². The molecule has 3 nitrogen and oxygen atoms in total. The average molecular weight is 304 g/mol. The molecule has 0 radical (unpaired) electrons. The van der Waals surface area contributed by atoms with Gasteiger partial charge in [-0.2, -0.15) is 0 Å². The molecule has 0 aliphatic carbocycles. The molecule has 1 aromatic carbocycles. The Morgan fingerprint density at radius 2 is 2.09 bits per heavy atom. The molecule has 2 rings (SSSR count). The van der Waals surface area contributed by atoms with Crippen LogP contribution in [0.5, 0.6) is 5.75 Å². The first-order valence-electron chi connectivity index (χ1n) is 9.03. The van der Waals surface area contributed by atoms with E-state index in [1.165, 1.54) is 43.4 Å². The molecule has 22 heavy (non-hydrogen) atoms. The summed E-state index contributed by atoms with van der Waals surface area (Å²) in [6.07, 6.45) is 6.34. The van der Waals surface area contributed by atoms with Gasteiger partial charge in [0, 0.05) is 19.1 Å². The van der Waals surface area contributed by atoms with Crippen molar-refractivity contribution in [2.45, 2.75) is 65.5 Å². The van der Waals surface area contributed by atoms with Crippen LogP contribution >= 0.6 is 0 Å². The van der Waals surface area contributed by atoms with Crippen LogP contribution in [-0.4, -0.2) is 25.7 Å². The van der Waals surface area contributed by atoms with Gasteiger partial charge in [0.2, 0.25) is 0 Å². The zero-order chi connectivity index (χ0) is 15.8. The third-order valence-electron chi connectivity index (χ3n) is 4.49. The molecule has 0 saturated carbocycles. The maximum absolute atomic E-state index is 5.96. The first kappa shape index (κ1) is 17.1. The second-order valence-electron chi connectivity index (χ2n) is 6.16. The van der Waals surface area contributed by atoms with Crippen LogP contribution in [0.4, 0.5) is 5.69 Å². The number of benzene rings is 1. The van der Waals surface area contributed by atoms with Crippen molar-refractivity contribution in [2.75, 3.05) is 24.6 Å². The van der Waals surface area contributed by atoms with Crippen LogP contribution in [0.3, 0.4) is 0 Å². The predicted molar refractivity (Wildman–Crippen MR) is 94.9 cm³/mol. The second kappa shape index (κ2) is 9.04. The van der Waals surface area contributed by atoms with Crippen LogP contribution in [-0.2, 0) is 6.54 Å². The number of anilines is 1. The van der Waals surface area contributed by atoms with E-state index in [9.17, 15) is 0 Å². The maximum Gasteiger partial charge on any atom is 0.142 e. The van der Waals surface area contributed by atoms with Crippen LogP contribution in [0, 0.1) is 0 Å². The molecule has 1 heterocycles. The Morgan fingerprint density at radius 1 is 1.23 bits per heavy atom. The van der Waals surface area contributed by atoms with Crippen LogP contribution < -0.4 is 15.0 Å². The minimum atomic E-state index is 0.664. The van der Waals surface area contributed by atoms with Gasteiger partial charge in [0.05, 0.1) is 12.3 Å². The monoisotopic (exact) mass is 304 g/mol. The van der Waals surface area contributed by atoms with Gasteiger partial charge in [-0.05, 0) is 63.3 Å². The van der Waals surface area contributed by atoms with Crippen molar-refractivity contribution in [3.63, 3.8) is 0 Å². The summed E-state index contributed by atoms with van der Waals surface area (Å²) in [5.74, 6) is 1.05. The molecule has 3 heteroatoms. The van der Waals surface area contributed by atoms with Gasteiger partial charge in [0.15, 0.2) is 0 Å². The summed E-state index contributed by atoms with van der Waals surface area (Å²) < 4.78 is 5.96. The summed E-state index contributed by atoms with van der Waals surface area (Å²) >= 11 is 0. The molecule has 1 atom stereocenters. The van der Waals surface area contributed by atoms with Crippen molar-refractivity contribution in [3.8, 4) is 5.75 Å². The summed E-state index contributed by atoms with van der Waals surface area (Å²) in [7, 11) is 0. The number of piperidine rings is 1. The van der Waals surface area contributed by atoms with Crippen molar-refractivity contribution in [2.24, 2.45) is 0 Å². The number of hydrogen-bond acceptors (Lipinski definition) is 3. The van der Waals surface area contributed by atoms with E-state index in [4.69, 9.17) is 4.74 Å². The van der Waals surface area contributed by atoms with E-state index in [2.05, 4.69) is 49.2 Å². The predicted octanol–water partition coefficient (Wildman–Crippen LogP) is 4.35. The van der Waals surface area contributed by atoms with Gasteiger partial charge in [0.25, 0.3) is 0 Å². The molecule has 124 valence electrons. The van der Waals surface area contributed by atoms with Gasteiger partial charge in [-0.1, -0.05) is 19.9 Å². The first-order valence-corrected chi connectivity index (χ1v) is 9.03. The Kier molecular flexibility index (Phi) is 7.04. The summed E-state index contributed by atoms with van der Waals surface area (Å²) in [5.41, 5.74) is 2.60. The lowest BCUT2D eigenvalue weighted by atomic mass is 9.98. The van der Waals surface area contributed by atoms with Gasteiger partial charge in [-0.25, -0.2) is 0 Å². The van der Waals surface area contributed by atoms with E-state index in [0.717, 1.165) is 32.0 Å². The van der Waals surface area contributed by atoms with Crippen molar-refractivity contribution < 1.29 is 4.74 Å². The first-order chi connectivity index (χ1) is 10.8. The molecule has 0 aromatic heterocycles. The molecular weight excluding hydrogens is 272 g/mol. The average Bonchev–Trinajstić information content (AvgIpc) is 2.56. The third kappa shape index (κ3) is 4.39. The normalized spacial score (nSPS) is 18.5. The highest BCUT2D eigenvalue weighted by atomic mass is 16.5. The van der Waals surface area contributed by atoms with Crippen molar-refractivity contribution >= 4 is 5.69 Å².